The summed E-state index contributed by atoms with van der Waals surface area (Å²) in [7, 11) is 1.44. The van der Waals surface area contributed by atoms with Crippen molar-refractivity contribution in [3.63, 3.8) is 0 Å². The highest BCUT2D eigenvalue weighted by Crippen LogP contribution is 2.20. The Labute approximate surface area is 149 Å². The summed E-state index contributed by atoms with van der Waals surface area (Å²) in [6.07, 6.45) is -0.0806. The molecule has 0 aliphatic heterocycles. The Balaban J connectivity index is 2.05. The minimum Gasteiger partial charge on any atom is -0.448 e. The number of nitro groups is 1. The second-order valence-corrected chi connectivity index (χ2v) is 6.03. The van der Waals surface area contributed by atoms with Crippen LogP contribution in [-0.4, -0.2) is 27.5 Å². The van der Waals surface area contributed by atoms with Crippen molar-refractivity contribution >= 4 is 39.2 Å². The fraction of sp³-hybridized carbons (Fsp3) is 0.200. The van der Waals surface area contributed by atoms with Gasteiger partial charge in [-0.05, 0) is 25.1 Å². The van der Waals surface area contributed by atoms with Crippen molar-refractivity contribution in [2.75, 3.05) is 5.32 Å². The molecule has 0 saturated carbocycles. The molecular weight excluding hydrogens is 401 g/mol. The monoisotopic (exact) mass is 413 g/mol. The second kappa shape index (κ2) is 7.43. The van der Waals surface area contributed by atoms with Crippen molar-refractivity contribution in [3.8, 4) is 0 Å². The fourth-order valence-corrected chi connectivity index (χ4v) is 2.28. The summed E-state index contributed by atoms with van der Waals surface area (Å²) in [5, 5.41) is 13.0. The molecule has 1 atom stereocenters. The van der Waals surface area contributed by atoms with Crippen LogP contribution in [0.2, 0.25) is 0 Å². The summed E-state index contributed by atoms with van der Waals surface area (Å²) < 4.78 is 20.4. The molecule has 0 spiro atoms. The average Bonchev–Trinajstić information content (AvgIpc) is 2.92. The Bertz CT molecular complexity index is 852. The molecule has 1 N–H and O–H groups in total. The van der Waals surface area contributed by atoms with Gasteiger partial charge in [-0.1, -0.05) is 15.9 Å². The third-order valence-corrected chi connectivity index (χ3v) is 3.75. The molecule has 1 unspecified atom stereocenters. The first kappa shape index (κ1) is 18.6. The number of rotatable bonds is 5. The summed E-state index contributed by atoms with van der Waals surface area (Å²) in [4.78, 5) is 34.2. The highest BCUT2D eigenvalue weighted by Gasteiger charge is 2.24. The van der Waals surface area contributed by atoms with Crippen molar-refractivity contribution in [3.05, 3.63) is 56.6 Å². The molecule has 8 nitrogen and oxygen atoms in total. The maximum Gasteiger partial charge on any atom is 0.355 e. The number of halogens is 2. The number of anilines is 1. The first-order valence-corrected chi connectivity index (χ1v) is 7.76. The zero-order valence-corrected chi connectivity index (χ0v) is 14.7. The third kappa shape index (κ3) is 4.41. The van der Waals surface area contributed by atoms with Crippen molar-refractivity contribution in [1.29, 1.82) is 0 Å². The minimum absolute atomic E-state index is 0.0643. The van der Waals surface area contributed by atoms with E-state index < -0.39 is 28.7 Å². The van der Waals surface area contributed by atoms with E-state index in [0.717, 1.165) is 12.3 Å². The van der Waals surface area contributed by atoms with Crippen LogP contribution in [0.25, 0.3) is 0 Å². The summed E-state index contributed by atoms with van der Waals surface area (Å²) in [6, 6.07) is 5.11. The van der Waals surface area contributed by atoms with E-state index >= 15 is 0 Å². The molecule has 0 saturated heterocycles. The van der Waals surface area contributed by atoms with Gasteiger partial charge in [0.05, 0.1) is 16.8 Å². The Hall–Kier alpha value is -2.75. The Morgan fingerprint density at radius 3 is 2.64 bits per heavy atom. The summed E-state index contributed by atoms with van der Waals surface area (Å²) in [5.41, 5.74) is -0.421. The first-order valence-electron chi connectivity index (χ1n) is 6.96. The second-order valence-electron chi connectivity index (χ2n) is 5.11. The van der Waals surface area contributed by atoms with Crippen LogP contribution in [0.1, 0.15) is 17.4 Å². The first-order chi connectivity index (χ1) is 11.7. The lowest BCUT2D eigenvalue weighted by molar-refractivity contribution is -0.384. The molecule has 1 heterocycles. The van der Waals surface area contributed by atoms with E-state index in [1.165, 1.54) is 30.7 Å². The molecule has 1 aromatic carbocycles. The zero-order valence-electron chi connectivity index (χ0n) is 13.2. The highest BCUT2D eigenvalue weighted by molar-refractivity contribution is 9.10. The predicted octanol–water partition coefficient (Wildman–Crippen LogP) is 3.02. The van der Waals surface area contributed by atoms with Crippen LogP contribution < -0.4 is 5.32 Å². The molecule has 2 aromatic rings. The minimum atomic E-state index is -1.23. The largest absolute Gasteiger partial charge is 0.448 e. The van der Waals surface area contributed by atoms with Gasteiger partial charge in [-0.25, -0.2) is 9.18 Å². The van der Waals surface area contributed by atoms with Crippen molar-refractivity contribution in [2.45, 2.75) is 13.0 Å². The van der Waals surface area contributed by atoms with Crippen molar-refractivity contribution < 1.29 is 23.6 Å². The molecule has 1 amide bonds. The molecule has 0 fully saturated rings. The number of amides is 1. The Kier molecular flexibility index (Phi) is 5.52. The standard InChI is InChI=1S/C15H13BrFN3O5/c1-8(14(21)18-12-4-3-9(16)5-11(12)17)25-15(22)13-6-10(20(23)24)7-19(13)2/h3-8H,1-2H3,(H,18,21). The number of nitrogens with zero attached hydrogens (tertiary/aromatic N) is 2. The number of aryl methyl sites for hydroxylation is 1. The predicted molar refractivity (Wildman–Crippen MR) is 89.7 cm³/mol. The molecular formula is C15H13BrFN3O5. The van der Waals surface area contributed by atoms with Gasteiger partial charge in [0.2, 0.25) is 0 Å². The van der Waals surface area contributed by atoms with Crippen LogP contribution in [0.3, 0.4) is 0 Å². The van der Waals surface area contributed by atoms with Crippen molar-refractivity contribution in [2.24, 2.45) is 7.05 Å². The van der Waals surface area contributed by atoms with Crippen LogP contribution in [0.15, 0.2) is 34.9 Å². The summed E-state index contributed by atoms with van der Waals surface area (Å²) in [6.45, 7) is 1.31. The van der Waals surface area contributed by atoms with E-state index in [9.17, 15) is 24.1 Å². The van der Waals surface area contributed by atoms with E-state index in [1.807, 2.05) is 0 Å². The van der Waals surface area contributed by atoms with Gasteiger partial charge in [-0.15, -0.1) is 0 Å². The summed E-state index contributed by atoms with van der Waals surface area (Å²) in [5.74, 6) is -2.30. The maximum atomic E-state index is 13.7. The van der Waals surface area contributed by atoms with Gasteiger partial charge >= 0.3 is 5.97 Å². The van der Waals surface area contributed by atoms with E-state index in [1.54, 1.807) is 6.07 Å². The van der Waals surface area contributed by atoms with Crippen LogP contribution in [0.5, 0.6) is 0 Å². The molecule has 0 aliphatic rings. The molecule has 132 valence electrons. The number of nitrogens with one attached hydrogen (secondary N) is 1. The number of carbonyl (C=O) groups excluding carboxylic acids is 2. The van der Waals surface area contributed by atoms with E-state index in [4.69, 9.17) is 4.74 Å². The average molecular weight is 414 g/mol. The Morgan fingerprint density at radius 2 is 2.08 bits per heavy atom. The van der Waals surface area contributed by atoms with Crippen molar-refractivity contribution in [1.82, 2.24) is 4.57 Å². The number of hydrogen-bond donors (Lipinski definition) is 1. The van der Waals surface area contributed by atoms with Gasteiger partial charge < -0.3 is 14.6 Å². The topological polar surface area (TPSA) is 103 Å². The molecule has 0 radical (unpaired) electrons. The van der Waals surface area contributed by atoms with Crippen LogP contribution in [-0.2, 0) is 16.6 Å². The number of aromatic nitrogens is 1. The van der Waals surface area contributed by atoms with Gasteiger partial charge in [0, 0.05) is 17.6 Å². The quantitative estimate of drug-likeness (QED) is 0.460. The molecule has 0 aliphatic carbocycles. The van der Waals surface area contributed by atoms with Gasteiger partial charge in [-0.2, -0.15) is 0 Å². The maximum absolute atomic E-state index is 13.7. The number of esters is 1. The van der Waals surface area contributed by atoms with E-state index in [0.29, 0.717) is 4.47 Å². The number of carbonyl (C=O) groups is 2. The molecule has 0 bridgehead atoms. The van der Waals surface area contributed by atoms with Crippen LogP contribution in [0, 0.1) is 15.9 Å². The van der Waals surface area contributed by atoms with Gasteiger partial charge in [0.1, 0.15) is 11.5 Å². The smallest absolute Gasteiger partial charge is 0.355 e. The van der Waals surface area contributed by atoms with Gasteiger partial charge in [0.25, 0.3) is 11.6 Å². The molecule has 1 aromatic heterocycles. The number of hydrogen-bond acceptors (Lipinski definition) is 5. The van der Waals surface area contributed by atoms with E-state index in [-0.39, 0.29) is 17.1 Å². The van der Waals surface area contributed by atoms with Gasteiger partial charge in [0.15, 0.2) is 6.10 Å². The lowest BCUT2D eigenvalue weighted by atomic mass is 10.3. The van der Waals surface area contributed by atoms with E-state index in [2.05, 4.69) is 21.2 Å². The third-order valence-electron chi connectivity index (χ3n) is 3.25. The molecule has 2 rings (SSSR count). The summed E-state index contributed by atoms with van der Waals surface area (Å²) >= 11 is 3.10. The van der Waals surface area contributed by atoms with Gasteiger partial charge in [-0.3, -0.25) is 14.9 Å². The molecule has 25 heavy (non-hydrogen) atoms. The Morgan fingerprint density at radius 1 is 1.40 bits per heavy atom. The SMILES string of the molecule is CC(OC(=O)c1cc([N+](=O)[O-])cn1C)C(=O)Nc1ccc(Br)cc1F. The fourth-order valence-electron chi connectivity index (χ4n) is 1.95. The lowest BCUT2D eigenvalue weighted by Gasteiger charge is -2.14. The highest BCUT2D eigenvalue weighted by atomic mass is 79.9. The lowest BCUT2D eigenvalue weighted by Crippen LogP contribution is -2.30. The molecule has 10 heteroatoms. The number of ether oxygens (including phenoxy) is 1. The van der Waals surface area contributed by atoms with Crippen LogP contribution >= 0.6 is 15.9 Å². The number of benzene rings is 1. The normalized spacial score (nSPS) is 11.7. The van der Waals surface area contributed by atoms with Crippen LogP contribution in [0.4, 0.5) is 15.8 Å². The zero-order chi connectivity index (χ0) is 18.7.